The first-order chi connectivity index (χ1) is 13.3. The van der Waals surface area contributed by atoms with Crippen molar-refractivity contribution in [1.29, 1.82) is 0 Å². The zero-order chi connectivity index (χ0) is 20.1. The average molecular weight is 399 g/mol. The van der Waals surface area contributed by atoms with E-state index in [1.54, 1.807) is 26.0 Å². The molecule has 0 atom stereocenters. The molecule has 0 aliphatic rings. The second-order valence-corrected chi connectivity index (χ2v) is 8.25. The van der Waals surface area contributed by atoms with Gasteiger partial charge in [-0.3, -0.25) is 4.79 Å². The van der Waals surface area contributed by atoms with Crippen molar-refractivity contribution in [2.75, 3.05) is 5.32 Å². The van der Waals surface area contributed by atoms with E-state index in [4.69, 9.17) is 4.42 Å². The van der Waals surface area contributed by atoms with Crippen molar-refractivity contribution < 1.29 is 17.6 Å². The summed E-state index contributed by atoms with van der Waals surface area (Å²) in [6.07, 6.45) is 1.50. The minimum absolute atomic E-state index is 0.0469. The Morgan fingerprint density at radius 2 is 1.75 bits per heavy atom. The lowest BCUT2D eigenvalue weighted by Crippen LogP contribution is -2.30. The third-order valence-electron chi connectivity index (χ3n) is 3.75. The van der Waals surface area contributed by atoms with E-state index in [1.165, 1.54) is 18.4 Å². The number of benzene rings is 2. The monoisotopic (exact) mass is 399 g/mol. The van der Waals surface area contributed by atoms with Gasteiger partial charge in [0.05, 0.1) is 17.0 Å². The highest BCUT2D eigenvalue weighted by Crippen LogP contribution is 2.19. The Hall–Kier alpha value is -2.97. The van der Waals surface area contributed by atoms with E-state index in [0.29, 0.717) is 17.3 Å². The van der Waals surface area contributed by atoms with Crippen LogP contribution in [0.25, 0.3) is 11.5 Å². The normalized spacial score (nSPS) is 11.5. The molecule has 0 radical (unpaired) electrons. The van der Waals surface area contributed by atoms with Crippen molar-refractivity contribution in [3.8, 4) is 11.5 Å². The van der Waals surface area contributed by atoms with Crippen LogP contribution in [0.2, 0.25) is 0 Å². The van der Waals surface area contributed by atoms with Crippen LogP contribution < -0.4 is 10.0 Å². The maximum Gasteiger partial charge on any atom is 0.240 e. The van der Waals surface area contributed by atoms with Crippen molar-refractivity contribution in [1.82, 2.24) is 9.71 Å². The molecule has 3 aromatic rings. The summed E-state index contributed by atoms with van der Waals surface area (Å²) in [5, 5.41) is 2.72. The molecule has 1 aromatic heterocycles. The molecule has 146 valence electrons. The Bertz CT molecular complexity index is 1040. The molecule has 3 rings (SSSR count). The standard InChI is InChI=1S/C20H21N3O4S/c1-14(2)23-28(25,26)18-10-8-16(9-11-18)21-19(24)12-17-13-27-20(22-17)15-6-4-3-5-7-15/h3-11,13-14,23H,12H2,1-2H3,(H,21,24). The minimum atomic E-state index is -3.56. The molecule has 28 heavy (non-hydrogen) atoms. The van der Waals surface area contributed by atoms with Gasteiger partial charge in [-0.1, -0.05) is 18.2 Å². The Morgan fingerprint density at radius 3 is 2.39 bits per heavy atom. The maximum absolute atomic E-state index is 12.2. The van der Waals surface area contributed by atoms with Crippen LogP contribution in [0.5, 0.6) is 0 Å². The van der Waals surface area contributed by atoms with E-state index in [-0.39, 0.29) is 23.3 Å². The van der Waals surface area contributed by atoms with Crippen molar-refractivity contribution in [3.05, 3.63) is 66.6 Å². The number of oxazole rings is 1. The number of carbonyl (C=O) groups is 1. The third kappa shape index (κ3) is 5.05. The fourth-order valence-electron chi connectivity index (χ4n) is 2.57. The van der Waals surface area contributed by atoms with Crippen molar-refractivity contribution in [3.63, 3.8) is 0 Å². The topological polar surface area (TPSA) is 101 Å². The molecule has 1 heterocycles. The molecule has 2 N–H and O–H groups in total. The predicted octanol–water partition coefficient (Wildman–Crippen LogP) is 3.21. The number of nitrogens with one attached hydrogen (secondary N) is 2. The van der Waals surface area contributed by atoms with Gasteiger partial charge in [0, 0.05) is 17.3 Å². The lowest BCUT2D eigenvalue weighted by atomic mass is 10.2. The number of anilines is 1. The van der Waals surface area contributed by atoms with Gasteiger partial charge in [-0.15, -0.1) is 0 Å². The number of carbonyl (C=O) groups excluding carboxylic acids is 1. The predicted molar refractivity (Wildman–Crippen MR) is 106 cm³/mol. The zero-order valence-corrected chi connectivity index (χ0v) is 16.4. The van der Waals surface area contributed by atoms with Crippen LogP contribution in [0.4, 0.5) is 5.69 Å². The molecule has 8 heteroatoms. The first-order valence-corrected chi connectivity index (χ1v) is 10.2. The van der Waals surface area contributed by atoms with Gasteiger partial charge in [0.15, 0.2) is 0 Å². The second-order valence-electron chi connectivity index (χ2n) is 6.54. The van der Waals surface area contributed by atoms with E-state index in [9.17, 15) is 13.2 Å². The van der Waals surface area contributed by atoms with Gasteiger partial charge in [-0.25, -0.2) is 18.1 Å². The number of sulfonamides is 1. The minimum Gasteiger partial charge on any atom is -0.444 e. The molecular formula is C20H21N3O4S. The quantitative estimate of drug-likeness (QED) is 0.635. The second kappa shape index (κ2) is 8.37. The number of hydrogen-bond acceptors (Lipinski definition) is 5. The summed E-state index contributed by atoms with van der Waals surface area (Å²) >= 11 is 0. The first kappa shape index (κ1) is 19.8. The molecule has 0 aliphatic carbocycles. The van der Waals surface area contributed by atoms with Crippen LogP contribution in [0.1, 0.15) is 19.5 Å². The first-order valence-electron chi connectivity index (χ1n) is 8.75. The molecule has 0 aliphatic heterocycles. The van der Waals surface area contributed by atoms with E-state index in [2.05, 4.69) is 15.0 Å². The SMILES string of the molecule is CC(C)NS(=O)(=O)c1ccc(NC(=O)Cc2coc(-c3ccccc3)n2)cc1. The fraction of sp³-hybridized carbons (Fsp3) is 0.200. The van der Waals surface area contributed by atoms with Gasteiger partial charge in [0.2, 0.25) is 21.8 Å². The van der Waals surface area contributed by atoms with Gasteiger partial charge in [-0.05, 0) is 50.2 Å². The Morgan fingerprint density at radius 1 is 1.07 bits per heavy atom. The largest absolute Gasteiger partial charge is 0.444 e. The number of aromatic nitrogens is 1. The molecule has 2 aromatic carbocycles. The van der Waals surface area contributed by atoms with Gasteiger partial charge < -0.3 is 9.73 Å². The molecule has 0 bridgehead atoms. The Balaban J connectivity index is 1.62. The molecule has 0 unspecified atom stereocenters. The summed E-state index contributed by atoms with van der Waals surface area (Å²) in [7, 11) is -3.56. The van der Waals surface area contributed by atoms with Gasteiger partial charge >= 0.3 is 0 Å². The highest BCUT2D eigenvalue weighted by atomic mass is 32.2. The van der Waals surface area contributed by atoms with Crippen LogP contribution in [0.3, 0.4) is 0 Å². The summed E-state index contributed by atoms with van der Waals surface area (Å²) in [5.41, 5.74) is 1.85. The van der Waals surface area contributed by atoms with Crippen LogP contribution in [-0.2, 0) is 21.2 Å². The van der Waals surface area contributed by atoms with Gasteiger partial charge in [-0.2, -0.15) is 0 Å². The molecule has 0 spiro atoms. The number of amides is 1. The smallest absolute Gasteiger partial charge is 0.240 e. The molecule has 0 saturated heterocycles. The highest BCUT2D eigenvalue weighted by molar-refractivity contribution is 7.89. The summed E-state index contributed by atoms with van der Waals surface area (Å²) in [5.74, 6) is 0.180. The van der Waals surface area contributed by atoms with E-state index >= 15 is 0 Å². The Labute approximate surface area is 163 Å². The van der Waals surface area contributed by atoms with Crippen LogP contribution in [0.15, 0.2) is 70.2 Å². The van der Waals surface area contributed by atoms with Crippen LogP contribution in [-0.4, -0.2) is 25.4 Å². The number of nitrogens with zero attached hydrogens (tertiary/aromatic N) is 1. The molecule has 1 amide bonds. The summed E-state index contributed by atoms with van der Waals surface area (Å²) in [4.78, 5) is 16.7. The van der Waals surface area contributed by atoms with Crippen molar-refractivity contribution in [2.45, 2.75) is 31.2 Å². The molecule has 7 nitrogen and oxygen atoms in total. The third-order valence-corrected chi connectivity index (χ3v) is 5.43. The van der Waals surface area contributed by atoms with E-state index in [0.717, 1.165) is 5.56 Å². The van der Waals surface area contributed by atoms with Crippen molar-refractivity contribution >= 4 is 21.6 Å². The average Bonchev–Trinajstić information content (AvgIpc) is 3.10. The fourth-order valence-corrected chi connectivity index (χ4v) is 3.82. The lowest BCUT2D eigenvalue weighted by Gasteiger charge is -2.10. The maximum atomic E-state index is 12.2. The van der Waals surface area contributed by atoms with Crippen LogP contribution >= 0.6 is 0 Å². The van der Waals surface area contributed by atoms with Crippen LogP contribution in [0, 0.1) is 0 Å². The van der Waals surface area contributed by atoms with Gasteiger partial charge in [0.1, 0.15) is 6.26 Å². The molecule has 0 saturated carbocycles. The zero-order valence-electron chi connectivity index (χ0n) is 15.5. The summed E-state index contributed by atoms with van der Waals surface area (Å²) in [6.45, 7) is 3.50. The van der Waals surface area contributed by atoms with E-state index in [1.807, 2.05) is 30.3 Å². The van der Waals surface area contributed by atoms with E-state index < -0.39 is 10.0 Å². The Kier molecular flexibility index (Phi) is 5.91. The highest BCUT2D eigenvalue weighted by Gasteiger charge is 2.15. The van der Waals surface area contributed by atoms with Gasteiger partial charge in [0.25, 0.3) is 0 Å². The number of rotatable bonds is 7. The number of hydrogen-bond donors (Lipinski definition) is 2. The molecule has 0 fully saturated rings. The summed E-state index contributed by atoms with van der Waals surface area (Å²) in [6, 6.07) is 15.2. The molecular weight excluding hydrogens is 378 g/mol. The lowest BCUT2D eigenvalue weighted by molar-refractivity contribution is -0.115. The van der Waals surface area contributed by atoms with Crippen molar-refractivity contribution in [2.24, 2.45) is 0 Å². The summed E-state index contributed by atoms with van der Waals surface area (Å²) < 4.78 is 32.2.